The van der Waals surface area contributed by atoms with Crippen LogP contribution in [-0.4, -0.2) is 17.4 Å². The monoisotopic (exact) mass is 444 g/mol. The maximum atomic E-state index is 13.4. The van der Waals surface area contributed by atoms with E-state index in [0.29, 0.717) is 12.1 Å². The highest BCUT2D eigenvalue weighted by Gasteiger charge is 2.32. The Balaban J connectivity index is 1.93. The van der Waals surface area contributed by atoms with Crippen LogP contribution in [0.5, 0.6) is 0 Å². The summed E-state index contributed by atoms with van der Waals surface area (Å²) in [6.07, 6.45) is 2.53. The molecule has 0 aliphatic heterocycles. The lowest BCUT2D eigenvalue weighted by Crippen LogP contribution is -2.26. The summed E-state index contributed by atoms with van der Waals surface area (Å²) in [5, 5.41) is 3.89. The van der Waals surface area contributed by atoms with Gasteiger partial charge in [-0.25, -0.2) is 0 Å². The van der Waals surface area contributed by atoms with E-state index in [9.17, 15) is 18.0 Å². The van der Waals surface area contributed by atoms with Crippen molar-refractivity contribution in [1.29, 1.82) is 0 Å². The number of para-hydroxylation sites is 1. The molecule has 1 atom stereocenters. The molecule has 0 radical (unpaired) electrons. The molecule has 32 heavy (non-hydrogen) atoms. The van der Waals surface area contributed by atoms with E-state index in [2.05, 4.69) is 24.1 Å². The lowest BCUT2D eigenvalue weighted by atomic mass is 9.86. The van der Waals surface area contributed by atoms with E-state index in [-0.39, 0.29) is 12.3 Å². The molecule has 2 N–H and O–H groups in total. The van der Waals surface area contributed by atoms with E-state index in [1.807, 2.05) is 24.4 Å². The normalized spacial score (nSPS) is 12.8. The highest BCUT2D eigenvalue weighted by molar-refractivity contribution is 5.88. The SMILES string of the molecule is CCCCCCNC(=O)C[C@@H](c1cccc(C(F)(F)F)c1)c1c[nH]c2c(CC)cccc12. The molecule has 0 fully saturated rings. The number of H-pyrrole nitrogens is 1. The minimum atomic E-state index is -4.43. The van der Waals surface area contributed by atoms with Crippen LogP contribution < -0.4 is 5.32 Å². The van der Waals surface area contributed by atoms with Crippen LogP contribution in [-0.2, 0) is 17.4 Å². The molecular weight excluding hydrogens is 413 g/mol. The zero-order valence-corrected chi connectivity index (χ0v) is 18.7. The van der Waals surface area contributed by atoms with Crippen LogP contribution in [0.4, 0.5) is 13.2 Å². The molecule has 2 aromatic carbocycles. The van der Waals surface area contributed by atoms with Crippen molar-refractivity contribution in [3.63, 3.8) is 0 Å². The number of unbranched alkanes of at least 4 members (excludes halogenated alkanes) is 3. The third kappa shape index (κ3) is 5.72. The summed E-state index contributed by atoms with van der Waals surface area (Å²) in [6.45, 7) is 4.77. The summed E-state index contributed by atoms with van der Waals surface area (Å²) in [5.74, 6) is -0.626. The van der Waals surface area contributed by atoms with Gasteiger partial charge in [0.25, 0.3) is 0 Å². The van der Waals surface area contributed by atoms with Gasteiger partial charge in [-0.2, -0.15) is 13.2 Å². The van der Waals surface area contributed by atoms with E-state index in [1.165, 1.54) is 12.1 Å². The second-order valence-corrected chi connectivity index (χ2v) is 8.23. The van der Waals surface area contributed by atoms with Crippen LogP contribution in [0.3, 0.4) is 0 Å². The first-order chi connectivity index (χ1) is 15.3. The van der Waals surface area contributed by atoms with Gasteiger partial charge in [0.05, 0.1) is 5.56 Å². The molecule has 0 saturated heterocycles. The standard InChI is InChI=1S/C26H31F3N2O/c1-3-5-6-7-14-30-24(32)16-22(19-11-8-12-20(15-19)26(27,28)29)23-17-31-25-18(4-2)10-9-13-21(23)25/h8-13,15,17,22,31H,3-7,14,16H2,1-2H3,(H,30,32)/t22-/m0/s1. The van der Waals surface area contributed by atoms with Gasteiger partial charge in [-0.15, -0.1) is 0 Å². The van der Waals surface area contributed by atoms with E-state index in [4.69, 9.17) is 0 Å². The first-order valence-corrected chi connectivity index (χ1v) is 11.4. The Kier molecular flexibility index (Phi) is 7.99. The van der Waals surface area contributed by atoms with Gasteiger partial charge >= 0.3 is 6.18 Å². The van der Waals surface area contributed by atoms with Crippen molar-refractivity contribution in [2.75, 3.05) is 6.54 Å². The first kappa shape index (κ1) is 23.9. The number of benzene rings is 2. The Morgan fingerprint density at radius 2 is 1.84 bits per heavy atom. The number of aryl methyl sites for hydroxylation is 1. The maximum absolute atomic E-state index is 13.4. The van der Waals surface area contributed by atoms with Crippen molar-refractivity contribution in [2.24, 2.45) is 0 Å². The highest BCUT2D eigenvalue weighted by Crippen LogP contribution is 2.37. The second-order valence-electron chi connectivity index (χ2n) is 8.23. The zero-order chi connectivity index (χ0) is 23.1. The van der Waals surface area contributed by atoms with Crippen molar-refractivity contribution in [3.8, 4) is 0 Å². The Labute approximate surface area is 187 Å². The minimum absolute atomic E-state index is 0.0956. The van der Waals surface area contributed by atoms with Crippen molar-refractivity contribution in [1.82, 2.24) is 10.3 Å². The zero-order valence-electron chi connectivity index (χ0n) is 18.7. The lowest BCUT2D eigenvalue weighted by molar-refractivity contribution is -0.137. The van der Waals surface area contributed by atoms with Gasteiger partial charge < -0.3 is 10.3 Å². The van der Waals surface area contributed by atoms with Crippen molar-refractivity contribution in [2.45, 2.75) is 64.5 Å². The maximum Gasteiger partial charge on any atom is 0.416 e. The Hall–Kier alpha value is -2.76. The fraction of sp³-hybridized carbons (Fsp3) is 0.423. The first-order valence-electron chi connectivity index (χ1n) is 11.4. The molecule has 0 aliphatic carbocycles. The third-order valence-electron chi connectivity index (χ3n) is 5.95. The predicted octanol–water partition coefficient (Wildman–Crippen LogP) is 6.97. The number of carbonyl (C=O) groups excluding carboxylic acids is 1. The summed E-state index contributed by atoms with van der Waals surface area (Å²) < 4.78 is 40.1. The van der Waals surface area contributed by atoms with E-state index in [1.54, 1.807) is 6.07 Å². The molecule has 172 valence electrons. The van der Waals surface area contributed by atoms with Gasteiger partial charge in [-0.1, -0.05) is 69.5 Å². The molecule has 3 nitrogen and oxygen atoms in total. The summed E-state index contributed by atoms with van der Waals surface area (Å²) in [6, 6.07) is 11.3. The molecule has 1 heterocycles. The van der Waals surface area contributed by atoms with E-state index < -0.39 is 17.7 Å². The Bertz CT molecular complexity index is 1040. The minimum Gasteiger partial charge on any atom is -0.361 e. The summed E-state index contributed by atoms with van der Waals surface area (Å²) in [4.78, 5) is 16.0. The molecule has 0 saturated carbocycles. The van der Waals surface area contributed by atoms with Crippen LogP contribution in [0.15, 0.2) is 48.7 Å². The molecule has 1 aromatic heterocycles. The van der Waals surface area contributed by atoms with E-state index in [0.717, 1.165) is 60.2 Å². The Morgan fingerprint density at radius 1 is 1.06 bits per heavy atom. The van der Waals surface area contributed by atoms with Crippen molar-refractivity contribution >= 4 is 16.8 Å². The summed E-state index contributed by atoms with van der Waals surface area (Å²) in [7, 11) is 0. The molecule has 0 aliphatic rings. The topological polar surface area (TPSA) is 44.9 Å². The smallest absolute Gasteiger partial charge is 0.361 e. The largest absolute Gasteiger partial charge is 0.416 e. The quantitative estimate of drug-likeness (QED) is 0.326. The van der Waals surface area contributed by atoms with Crippen molar-refractivity contribution < 1.29 is 18.0 Å². The van der Waals surface area contributed by atoms with Gasteiger partial charge in [0.1, 0.15) is 0 Å². The molecule has 6 heteroatoms. The molecule has 0 unspecified atom stereocenters. The van der Waals surface area contributed by atoms with Crippen LogP contribution in [0.25, 0.3) is 10.9 Å². The van der Waals surface area contributed by atoms with Gasteiger partial charge in [-0.3, -0.25) is 4.79 Å². The number of carbonyl (C=O) groups is 1. The van der Waals surface area contributed by atoms with Gasteiger partial charge in [0.15, 0.2) is 0 Å². The highest BCUT2D eigenvalue weighted by atomic mass is 19.4. The fourth-order valence-electron chi connectivity index (χ4n) is 4.20. The molecular formula is C26H31F3N2O. The number of fused-ring (bicyclic) bond motifs is 1. The second kappa shape index (κ2) is 10.7. The number of aromatic amines is 1. The van der Waals surface area contributed by atoms with Crippen LogP contribution in [0, 0.1) is 0 Å². The van der Waals surface area contributed by atoms with Gasteiger partial charge in [0, 0.05) is 36.0 Å². The number of alkyl halides is 3. The number of aromatic nitrogens is 1. The fourth-order valence-corrected chi connectivity index (χ4v) is 4.20. The number of hydrogen-bond acceptors (Lipinski definition) is 1. The molecule has 0 spiro atoms. The van der Waals surface area contributed by atoms with Crippen molar-refractivity contribution in [3.05, 3.63) is 70.9 Å². The van der Waals surface area contributed by atoms with Crippen LogP contribution >= 0.6 is 0 Å². The summed E-state index contributed by atoms with van der Waals surface area (Å²) in [5.41, 5.74) is 2.74. The van der Waals surface area contributed by atoms with Gasteiger partial charge in [0.2, 0.25) is 5.91 Å². The summed E-state index contributed by atoms with van der Waals surface area (Å²) >= 11 is 0. The number of amides is 1. The number of halogens is 3. The van der Waals surface area contributed by atoms with Crippen LogP contribution in [0.1, 0.15) is 74.1 Å². The van der Waals surface area contributed by atoms with Crippen LogP contribution in [0.2, 0.25) is 0 Å². The molecule has 3 aromatic rings. The molecule has 0 bridgehead atoms. The molecule has 3 rings (SSSR count). The molecule has 1 amide bonds. The average molecular weight is 445 g/mol. The average Bonchev–Trinajstić information content (AvgIpc) is 3.21. The number of nitrogens with one attached hydrogen (secondary N) is 2. The number of hydrogen-bond donors (Lipinski definition) is 2. The Morgan fingerprint density at radius 3 is 2.56 bits per heavy atom. The third-order valence-corrected chi connectivity index (χ3v) is 5.95. The van der Waals surface area contributed by atoms with Gasteiger partial charge in [-0.05, 0) is 35.6 Å². The van der Waals surface area contributed by atoms with E-state index >= 15 is 0 Å². The number of rotatable bonds is 10. The predicted molar refractivity (Wildman–Crippen MR) is 123 cm³/mol. The lowest BCUT2D eigenvalue weighted by Gasteiger charge is -2.19.